The van der Waals surface area contributed by atoms with Gasteiger partial charge >= 0.3 is 0 Å². The lowest BCUT2D eigenvalue weighted by atomic mass is 10.0. The molecule has 0 spiro atoms. The average Bonchev–Trinajstić information content (AvgIpc) is 3.10. The Labute approximate surface area is 148 Å². The number of ether oxygens (including phenoxy) is 2. The first kappa shape index (κ1) is 18.8. The number of nitrogens with one attached hydrogen (secondary N) is 1. The van der Waals surface area contributed by atoms with Crippen LogP contribution in [0.1, 0.15) is 30.7 Å². The number of aliphatic hydroxyl groups is 1. The van der Waals surface area contributed by atoms with Crippen LogP contribution >= 0.6 is 11.3 Å². The molecule has 1 unspecified atom stereocenters. The first-order valence-corrected chi connectivity index (χ1v) is 9.16. The Hall–Kier alpha value is -1.56. The van der Waals surface area contributed by atoms with Gasteiger partial charge in [0.15, 0.2) is 11.5 Å². The molecular weight excluding hydrogens is 322 g/mol. The second-order valence-corrected chi connectivity index (χ2v) is 7.28. The van der Waals surface area contributed by atoms with Crippen LogP contribution in [-0.4, -0.2) is 24.9 Å². The Morgan fingerprint density at radius 3 is 2.67 bits per heavy atom. The smallest absolute Gasteiger partial charge is 0.161 e. The number of hydrogen-bond donors (Lipinski definition) is 2. The van der Waals surface area contributed by atoms with E-state index in [1.54, 1.807) is 18.4 Å². The quantitative estimate of drug-likeness (QED) is 0.684. The van der Waals surface area contributed by atoms with Gasteiger partial charge < -0.3 is 19.9 Å². The van der Waals surface area contributed by atoms with Gasteiger partial charge in [0.1, 0.15) is 6.61 Å². The summed E-state index contributed by atoms with van der Waals surface area (Å²) < 4.78 is 11.3. The Morgan fingerprint density at radius 1 is 1.21 bits per heavy atom. The van der Waals surface area contributed by atoms with Crippen LogP contribution in [0, 0.1) is 5.92 Å². The molecule has 1 atom stereocenters. The summed E-state index contributed by atoms with van der Waals surface area (Å²) in [6.45, 7) is 5.71. The second-order valence-electron chi connectivity index (χ2n) is 6.24. The molecule has 0 aliphatic rings. The second kappa shape index (κ2) is 9.67. The van der Waals surface area contributed by atoms with E-state index in [9.17, 15) is 5.11 Å². The maximum atomic E-state index is 9.45. The van der Waals surface area contributed by atoms with Crippen LogP contribution < -0.4 is 14.8 Å². The lowest BCUT2D eigenvalue weighted by molar-refractivity contribution is 0.223. The Balaban J connectivity index is 1.94. The molecule has 132 valence electrons. The minimum absolute atomic E-state index is 0.116. The number of methoxy groups -OCH3 is 1. The Morgan fingerprint density at radius 2 is 2.04 bits per heavy atom. The van der Waals surface area contributed by atoms with E-state index in [0.29, 0.717) is 19.1 Å². The topological polar surface area (TPSA) is 50.7 Å². The molecule has 1 heterocycles. The standard InChI is InChI=1S/C19H27NO3S/c1-14(2)9-16(12-21)20-11-15-6-7-18(19(10-15)22-3)23-13-17-5-4-8-24-17/h4-8,10,14,16,20-21H,9,11-13H2,1-3H3. The monoisotopic (exact) mass is 349 g/mol. The maximum Gasteiger partial charge on any atom is 0.161 e. The van der Waals surface area contributed by atoms with Crippen LogP contribution in [0.2, 0.25) is 0 Å². The van der Waals surface area contributed by atoms with Gasteiger partial charge in [0.2, 0.25) is 0 Å². The molecule has 24 heavy (non-hydrogen) atoms. The third kappa shape index (κ3) is 5.82. The molecule has 0 saturated carbocycles. The zero-order valence-corrected chi connectivity index (χ0v) is 15.4. The molecule has 0 amide bonds. The van der Waals surface area contributed by atoms with E-state index in [2.05, 4.69) is 25.2 Å². The summed E-state index contributed by atoms with van der Waals surface area (Å²) in [5, 5.41) is 14.9. The molecule has 0 aliphatic heterocycles. The van der Waals surface area contributed by atoms with Crippen molar-refractivity contribution >= 4 is 11.3 Å². The van der Waals surface area contributed by atoms with Gasteiger partial charge in [-0.15, -0.1) is 11.3 Å². The fourth-order valence-electron chi connectivity index (χ4n) is 2.54. The Kier molecular flexibility index (Phi) is 7.56. The van der Waals surface area contributed by atoms with Crippen molar-refractivity contribution in [1.29, 1.82) is 0 Å². The third-order valence-corrected chi connectivity index (χ3v) is 4.60. The Bertz CT molecular complexity index is 599. The molecule has 0 saturated heterocycles. The van der Waals surface area contributed by atoms with Crippen molar-refractivity contribution in [1.82, 2.24) is 5.32 Å². The molecule has 1 aromatic carbocycles. The lowest BCUT2D eigenvalue weighted by Crippen LogP contribution is -2.33. The minimum Gasteiger partial charge on any atom is -0.493 e. The molecule has 0 fully saturated rings. The van der Waals surface area contributed by atoms with Crippen molar-refractivity contribution < 1.29 is 14.6 Å². The van der Waals surface area contributed by atoms with Gasteiger partial charge in [-0.2, -0.15) is 0 Å². The van der Waals surface area contributed by atoms with E-state index in [1.807, 2.05) is 29.6 Å². The molecule has 0 bridgehead atoms. The normalized spacial score (nSPS) is 12.4. The van der Waals surface area contributed by atoms with Crippen molar-refractivity contribution in [3.63, 3.8) is 0 Å². The predicted octanol–water partition coefficient (Wildman–Crippen LogP) is 3.83. The predicted molar refractivity (Wildman–Crippen MR) is 98.8 cm³/mol. The van der Waals surface area contributed by atoms with Gasteiger partial charge in [0.05, 0.1) is 13.7 Å². The highest BCUT2D eigenvalue weighted by molar-refractivity contribution is 7.09. The maximum absolute atomic E-state index is 9.45. The van der Waals surface area contributed by atoms with E-state index in [-0.39, 0.29) is 12.6 Å². The van der Waals surface area contributed by atoms with Crippen LogP contribution in [0.15, 0.2) is 35.7 Å². The van der Waals surface area contributed by atoms with Crippen molar-refractivity contribution in [2.75, 3.05) is 13.7 Å². The fraction of sp³-hybridized carbons (Fsp3) is 0.474. The summed E-state index contributed by atoms with van der Waals surface area (Å²) in [6.07, 6.45) is 0.954. The zero-order valence-electron chi connectivity index (χ0n) is 14.6. The average molecular weight is 349 g/mol. The minimum atomic E-state index is 0.116. The van der Waals surface area contributed by atoms with Gasteiger partial charge in [-0.3, -0.25) is 0 Å². The SMILES string of the molecule is COc1cc(CNC(CO)CC(C)C)ccc1OCc1cccs1. The van der Waals surface area contributed by atoms with E-state index in [4.69, 9.17) is 9.47 Å². The number of aliphatic hydroxyl groups excluding tert-OH is 1. The molecule has 0 radical (unpaired) electrons. The largest absolute Gasteiger partial charge is 0.493 e. The highest BCUT2D eigenvalue weighted by Crippen LogP contribution is 2.29. The molecular formula is C19H27NO3S. The van der Waals surface area contributed by atoms with Crippen molar-refractivity contribution in [3.05, 3.63) is 46.2 Å². The van der Waals surface area contributed by atoms with Crippen LogP contribution in [-0.2, 0) is 13.2 Å². The molecule has 4 nitrogen and oxygen atoms in total. The van der Waals surface area contributed by atoms with Crippen molar-refractivity contribution in [3.8, 4) is 11.5 Å². The van der Waals surface area contributed by atoms with Crippen LogP contribution in [0.5, 0.6) is 11.5 Å². The number of hydrogen-bond acceptors (Lipinski definition) is 5. The summed E-state index contributed by atoms with van der Waals surface area (Å²) in [5.74, 6) is 2.03. The van der Waals surface area contributed by atoms with E-state index in [1.165, 1.54) is 4.88 Å². The number of benzene rings is 1. The van der Waals surface area contributed by atoms with Gasteiger partial charge in [0, 0.05) is 17.5 Å². The summed E-state index contributed by atoms with van der Waals surface area (Å²) in [4.78, 5) is 1.18. The van der Waals surface area contributed by atoms with E-state index < -0.39 is 0 Å². The molecule has 2 rings (SSSR count). The fourth-order valence-corrected chi connectivity index (χ4v) is 3.15. The highest BCUT2D eigenvalue weighted by Gasteiger charge is 2.11. The van der Waals surface area contributed by atoms with Gasteiger partial charge in [0.25, 0.3) is 0 Å². The van der Waals surface area contributed by atoms with Crippen molar-refractivity contribution in [2.24, 2.45) is 5.92 Å². The highest BCUT2D eigenvalue weighted by atomic mass is 32.1. The van der Waals surface area contributed by atoms with Gasteiger partial charge in [-0.05, 0) is 41.5 Å². The van der Waals surface area contributed by atoms with Crippen LogP contribution in [0.3, 0.4) is 0 Å². The third-order valence-electron chi connectivity index (χ3n) is 3.75. The van der Waals surface area contributed by atoms with Crippen LogP contribution in [0.4, 0.5) is 0 Å². The molecule has 1 aromatic heterocycles. The van der Waals surface area contributed by atoms with E-state index >= 15 is 0 Å². The zero-order chi connectivity index (χ0) is 17.4. The summed E-state index contributed by atoms with van der Waals surface area (Å²) in [6, 6.07) is 10.2. The molecule has 2 aromatic rings. The molecule has 0 aliphatic carbocycles. The number of thiophene rings is 1. The summed E-state index contributed by atoms with van der Waals surface area (Å²) >= 11 is 1.68. The first-order chi connectivity index (χ1) is 11.6. The van der Waals surface area contributed by atoms with Gasteiger partial charge in [-0.1, -0.05) is 26.0 Å². The molecule has 2 N–H and O–H groups in total. The summed E-state index contributed by atoms with van der Waals surface area (Å²) in [5.41, 5.74) is 1.11. The van der Waals surface area contributed by atoms with E-state index in [0.717, 1.165) is 23.5 Å². The summed E-state index contributed by atoms with van der Waals surface area (Å²) in [7, 11) is 1.65. The van der Waals surface area contributed by atoms with Crippen LogP contribution in [0.25, 0.3) is 0 Å². The number of rotatable bonds is 10. The first-order valence-electron chi connectivity index (χ1n) is 8.28. The molecule has 5 heteroatoms. The lowest BCUT2D eigenvalue weighted by Gasteiger charge is -2.19. The van der Waals surface area contributed by atoms with Crippen molar-refractivity contribution in [2.45, 2.75) is 39.5 Å². The van der Waals surface area contributed by atoms with Gasteiger partial charge in [-0.25, -0.2) is 0 Å².